The average Bonchev–Trinajstić information content (AvgIpc) is 3.31. The first-order valence-electron chi connectivity index (χ1n) is 12.3. The van der Waals surface area contributed by atoms with Gasteiger partial charge in [-0.05, 0) is 50.0 Å². The molecule has 1 saturated heterocycles. The molecule has 202 valence electrons. The third-order valence-electron chi connectivity index (χ3n) is 7.65. The monoisotopic (exact) mass is 524 g/mol. The maximum absolute atomic E-state index is 13.1. The number of hydrogen-bond donors (Lipinski definition) is 2. The van der Waals surface area contributed by atoms with E-state index < -0.39 is 17.9 Å². The maximum Gasteiger partial charge on any atom is 0.422 e. The number of rotatable bonds is 3. The Kier molecular flexibility index (Phi) is 7.76. The highest BCUT2D eigenvalue weighted by Crippen LogP contribution is 2.38. The van der Waals surface area contributed by atoms with Crippen LogP contribution in [0, 0.1) is 17.8 Å². The molecule has 1 aromatic rings. The summed E-state index contributed by atoms with van der Waals surface area (Å²) in [5, 5.41) is 13.8. The zero-order valence-corrected chi connectivity index (χ0v) is 20.0. The van der Waals surface area contributed by atoms with E-state index in [4.69, 9.17) is 4.74 Å². The minimum Gasteiger partial charge on any atom is -0.381 e. The molecule has 0 radical (unpaired) electrons. The molecule has 0 aromatic carbocycles. The second-order valence-corrected chi connectivity index (χ2v) is 10.4. The Morgan fingerprint density at radius 2 is 1.75 bits per heavy atom. The summed E-state index contributed by atoms with van der Waals surface area (Å²) >= 11 is 0. The molecule has 12 heteroatoms. The molecular formula is C24H32F6N3O3+. The van der Waals surface area contributed by atoms with E-state index in [1.165, 1.54) is 12.8 Å². The SMILES string of the molecule is CC(F)(F)F.O=C([C@H]1CCC(NC2C3CCC2COC3)C1)N1CCc2c(cc(C(F)(F)F)c[n+]2O)C1. The average molecular weight is 525 g/mol. The lowest BCUT2D eigenvalue weighted by molar-refractivity contribution is -0.910. The van der Waals surface area contributed by atoms with E-state index in [0.29, 0.717) is 59.1 Å². The summed E-state index contributed by atoms with van der Waals surface area (Å²) in [6.07, 6.45) is -2.55. The Labute approximate surface area is 205 Å². The molecule has 3 heterocycles. The van der Waals surface area contributed by atoms with Gasteiger partial charge in [-0.2, -0.15) is 26.3 Å². The van der Waals surface area contributed by atoms with Gasteiger partial charge in [0.05, 0.1) is 26.2 Å². The van der Waals surface area contributed by atoms with E-state index in [2.05, 4.69) is 5.32 Å². The standard InChI is InChI=1S/C22H29F3N3O3.C2H3F3/c23-22(24,25)17-7-16-9-27(6-5-19(16)28(30)10-17)21(29)13-3-4-18(8-13)26-20-14-1-2-15(20)12-31-11-14;1-2(3,4)5/h7,10,13-15,18,20,26,30H,1-6,8-9,11-12H2;1H3/q+1;/t13-,14?,15?,18?,20?;/m0./s1. The molecule has 4 atom stereocenters. The van der Waals surface area contributed by atoms with Crippen molar-refractivity contribution in [3.8, 4) is 0 Å². The number of ether oxygens (including phenoxy) is 1. The second kappa shape index (κ2) is 10.4. The molecule has 1 amide bonds. The van der Waals surface area contributed by atoms with Crippen LogP contribution in [0.25, 0.3) is 0 Å². The molecular weight excluding hydrogens is 492 g/mol. The Bertz CT molecular complexity index is 932. The highest BCUT2D eigenvalue weighted by Gasteiger charge is 2.43. The van der Waals surface area contributed by atoms with Crippen molar-refractivity contribution < 1.29 is 45.8 Å². The molecule has 5 rings (SSSR count). The fourth-order valence-corrected chi connectivity index (χ4v) is 6.02. The van der Waals surface area contributed by atoms with E-state index in [9.17, 15) is 36.3 Å². The molecule has 36 heavy (non-hydrogen) atoms. The number of nitrogens with zero attached hydrogens (tertiary/aromatic N) is 2. The van der Waals surface area contributed by atoms with Crippen molar-refractivity contribution >= 4 is 5.91 Å². The summed E-state index contributed by atoms with van der Waals surface area (Å²) in [4.78, 5) is 14.8. The van der Waals surface area contributed by atoms with Crippen molar-refractivity contribution in [1.82, 2.24) is 10.2 Å². The zero-order valence-electron chi connectivity index (χ0n) is 20.0. The van der Waals surface area contributed by atoms with Gasteiger partial charge in [-0.25, -0.2) is 0 Å². The lowest BCUT2D eigenvalue weighted by Gasteiger charge is -2.33. The number of hydrogen-bond acceptors (Lipinski definition) is 4. The van der Waals surface area contributed by atoms with E-state index in [1.54, 1.807) is 4.90 Å². The van der Waals surface area contributed by atoms with Crippen molar-refractivity contribution in [1.29, 1.82) is 0 Å². The number of alkyl halides is 6. The van der Waals surface area contributed by atoms with Gasteiger partial charge in [-0.1, -0.05) is 0 Å². The molecule has 2 bridgehead atoms. The lowest BCUT2D eigenvalue weighted by Crippen LogP contribution is -2.48. The molecule has 2 aliphatic carbocycles. The van der Waals surface area contributed by atoms with E-state index in [0.717, 1.165) is 38.5 Å². The van der Waals surface area contributed by atoms with Crippen molar-refractivity contribution in [3.63, 3.8) is 0 Å². The van der Waals surface area contributed by atoms with Crippen LogP contribution in [0.1, 0.15) is 55.8 Å². The number of carbonyl (C=O) groups excluding carboxylic acids is 1. The van der Waals surface area contributed by atoms with Crippen LogP contribution >= 0.6 is 0 Å². The van der Waals surface area contributed by atoms with Crippen LogP contribution < -0.4 is 10.0 Å². The summed E-state index contributed by atoms with van der Waals surface area (Å²) in [7, 11) is 0. The largest absolute Gasteiger partial charge is 0.422 e. The summed E-state index contributed by atoms with van der Waals surface area (Å²) in [6.45, 7) is 2.35. The van der Waals surface area contributed by atoms with Gasteiger partial charge in [0.25, 0.3) is 0 Å². The highest BCUT2D eigenvalue weighted by molar-refractivity contribution is 5.79. The molecule has 1 aromatic heterocycles. The molecule has 2 aliphatic heterocycles. The predicted octanol–water partition coefficient (Wildman–Crippen LogP) is 3.87. The van der Waals surface area contributed by atoms with Crippen LogP contribution in [0.15, 0.2) is 12.3 Å². The summed E-state index contributed by atoms with van der Waals surface area (Å²) in [6, 6.07) is 1.85. The minimum atomic E-state index is -4.54. The highest BCUT2D eigenvalue weighted by atomic mass is 19.4. The predicted molar refractivity (Wildman–Crippen MR) is 115 cm³/mol. The van der Waals surface area contributed by atoms with Gasteiger partial charge in [-0.15, -0.1) is 0 Å². The number of nitrogens with one attached hydrogen (secondary N) is 1. The van der Waals surface area contributed by atoms with Gasteiger partial charge in [0.2, 0.25) is 17.8 Å². The quantitative estimate of drug-likeness (QED) is 0.358. The first-order valence-corrected chi connectivity index (χ1v) is 12.3. The smallest absolute Gasteiger partial charge is 0.381 e. The van der Waals surface area contributed by atoms with Gasteiger partial charge in [0.15, 0.2) is 0 Å². The summed E-state index contributed by atoms with van der Waals surface area (Å²) in [5.74, 6) is 1.07. The van der Waals surface area contributed by atoms with Gasteiger partial charge in [-0.3, -0.25) is 10.0 Å². The van der Waals surface area contributed by atoms with Crippen LogP contribution in [-0.2, 0) is 28.7 Å². The number of carbonyl (C=O) groups is 1. The molecule has 4 aliphatic rings. The van der Waals surface area contributed by atoms with Gasteiger partial charge >= 0.3 is 12.4 Å². The third kappa shape index (κ3) is 6.42. The van der Waals surface area contributed by atoms with Crippen LogP contribution in [0.2, 0.25) is 0 Å². The number of fused-ring (bicyclic) bond motifs is 3. The first-order chi connectivity index (χ1) is 16.8. The van der Waals surface area contributed by atoms with Gasteiger partial charge < -0.3 is 15.0 Å². The minimum absolute atomic E-state index is 0.0202. The van der Waals surface area contributed by atoms with E-state index >= 15 is 0 Å². The van der Waals surface area contributed by atoms with Crippen molar-refractivity contribution in [2.45, 2.75) is 76.4 Å². The molecule has 6 nitrogen and oxygen atoms in total. The Balaban J connectivity index is 0.000000556. The van der Waals surface area contributed by atoms with Crippen LogP contribution in [0.4, 0.5) is 26.3 Å². The van der Waals surface area contributed by atoms with Crippen LogP contribution in [0.5, 0.6) is 0 Å². The van der Waals surface area contributed by atoms with Gasteiger partial charge in [0.1, 0.15) is 5.56 Å². The normalized spacial score (nSPS) is 30.0. The molecule has 2 saturated carbocycles. The summed E-state index contributed by atoms with van der Waals surface area (Å²) < 4.78 is 76.6. The maximum atomic E-state index is 13.1. The third-order valence-corrected chi connectivity index (χ3v) is 7.65. The summed E-state index contributed by atoms with van der Waals surface area (Å²) in [5.41, 5.74) is -0.0966. The van der Waals surface area contributed by atoms with E-state index in [1.807, 2.05) is 0 Å². The molecule has 3 fully saturated rings. The molecule has 3 unspecified atom stereocenters. The fourth-order valence-electron chi connectivity index (χ4n) is 6.02. The topological polar surface area (TPSA) is 65.7 Å². The Hall–Kier alpha value is -2.08. The number of aromatic nitrogens is 1. The fraction of sp³-hybridized carbons (Fsp3) is 0.750. The Morgan fingerprint density at radius 1 is 1.11 bits per heavy atom. The number of halogens is 6. The number of amides is 1. The first kappa shape index (κ1) is 27.0. The molecule has 2 N–H and O–H groups in total. The second-order valence-electron chi connectivity index (χ2n) is 10.4. The van der Waals surface area contributed by atoms with Crippen LogP contribution in [-0.4, -0.2) is 54.0 Å². The zero-order chi connectivity index (χ0) is 26.3. The van der Waals surface area contributed by atoms with Crippen molar-refractivity contribution in [2.24, 2.45) is 17.8 Å². The lowest BCUT2D eigenvalue weighted by atomic mass is 9.95. The van der Waals surface area contributed by atoms with E-state index in [-0.39, 0.29) is 25.3 Å². The molecule has 0 spiro atoms. The van der Waals surface area contributed by atoms with Crippen molar-refractivity contribution in [3.05, 3.63) is 29.1 Å². The van der Waals surface area contributed by atoms with Crippen LogP contribution in [0.3, 0.4) is 0 Å². The van der Waals surface area contributed by atoms with Crippen molar-refractivity contribution in [2.75, 3.05) is 19.8 Å². The number of pyridine rings is 1. The Morgan fingerprint density at radius 3 is 2.36 bits per heavy atom. The van der Waals surface area contributed by atoms with Gasteiger partial charge in [0, 0.05) is 41.8 Å².